The van der Waals surface area contributed by atoms with Gasteiger partial charge in [-0.2, -0.15) is 0 Å². The highest BCUT2D eigenvalue weighted by Gasteiger charge is 2.33. The molecule has 2 amide bonds. The number of ether oxygens (including phenoxy) is 3. The number of rotatable bonds is 9. The van der Waals surface area contributed by atoms with Crippen molar-refractivity contribution in [1.29, 1.82) is 0 Å². The van der Waals surface area contributed by atoms with E-state index in [1.165, 1.54) is 0 Å². The molecular formula is C20H28N2O5. The van der Waals surface area contributed by atoms with Crippen LogP contribution in [-0.2, 0) is 14.3 Å². The van der Waals surface area contributed by atoms with Crippen molar-refractivity contribution in [2.45, 2.75) is 46.3 Å². The number of esters is 1. The van der Waals surface area contributed by atoms with Gasteiger partial charge in [0.05, 0.1) is 30.9 Å². The summed E-state index contributed by atoms with van der Waals surface area (Å²) in [5, 5.41) is 5.44. The first-order valence-corrected chi connectivity index (χ1v) is 9.22. The maximum Gasteiger partial charge on any atom is 0.338 e. The van der Waals surface area contributed by atoms with Crippen molar-refractivity contribution >= 4 is 12.0 Å². The molecule has 0 spiro atoms. The summed E-state index contributed by atoms with van der Waals surface area (Å²) in [6.07, 6.45) is 0.919. The molecule has 0 aliphatic carbocycles. The molecule has 0 radical (unpaired) electrons. The van der Waals surface area contributed by atoms with Gasteiger partial charge < -0.3 is 24.8 Å². The summed E-state index contributed by atoms with van der Waals surface area (Å²) in [4.78, 5) is 24.7. The summed E-state index contributed by atoms with van der Waals surface area (Å²) in [5.74, 6) is 0.135. The Balaban J connectivity index is 2.24. The standard InChI is InChI=1S/C20H28N2O5/c1-5-10-26-16-9-7-6-8-15(16)18-17(14(4)21-20(24)22-18)19(23)27-12-11-25-13(2)3/h6-9,13,18H,5,10-12H2,1-4H3,(H2,21,22,24)/t18-/m1/s1. The van der Waals surface area contributed by atoms with Crippen molar-refractivity contribution in [2.24, 2.45) is 0 Å². The third-order valence-electron chi connectivity index (χ3n) is 3.95. The number of allylic oxidation sites excluding steroid dienone is 1. The maximum atomic E-state index is 12.7. The Morgan fingerprint density at radius 1 is 1.19 bits per heavy atom. The van der Waals surface area contributed by atoms with E-state index in [2.05, 4.69) is 10.6 Å². The summed E-state index contributed by atoms with van der Waals surface area (Å²) in [5.41, 5.74) is 1.53. The van der Waals surface area contributed by atoms with E-state index in [4.69, 9.17) is 14.2 Å². The number of amides is 2. The van der Waals surface area contributed by atoms with Crippen LogP contribution < -0.4 is 15.4 Å². The zero-order valence-electron chi connectivity index (χ0n) is 16.3. The Hall–Kier alpha value is -2.54. The Kier molecular flexibility index (Phi) is 7.67. The lowest BCUT2D eigenvalue weighted by Crippen LogP contribution is -2.45. The molecule has 1 heterocycles. The second-order valence-electron chi connectivity index (χ2n) is 6.51. The maximum absolute atomic E-state index is 12.7. The van der Waals surface area contributed by atoms with E-state index in [-0.39, 0.29) is 18.7 Å². The number of carbonyl (C=O) groups excluding carboxylic acids is 2. The molecule has 2 rings (SSSR count). The van der Waals surface area contributed by atoms with Crippen LogP contribution in [0.3, 0.4) is 0 Å². The van der Waals surface area contributed by atoms with Crippen LogP contribution in [0.2, 0.25) is 0 Å². The fourth-order valence-electron chi connectivity index (χ4n) is 2.76. The Bertz CT molecular complexity index is 699. The van der Waals surface area contributed by atoms with Crippen molar-refractivity contribution in [3.63, 3.8) is 0 Å². The van der Waals surface area contributed by atoms with E-state index in [1.807, 2.05) is 45.0 Å². The molecule has 7 heteroatoms. The topological polar surface area (TPSA) is 85.9 Å². The molecular weight excluding hydrogens is 348 g/mol. The van der Waals surface area contributed by atoms with Gasteiger partial charge in [-0.05, 0) is 33.3 Å². The molecule has 1 aliphatic rings. The molecule has 0 unspecified atom stereocenters. The van der Waals surface area contributed by atoms with Crippen molar-refractivity contribution in [1.82, 2.24) is 10.6 Å². The smallest absolute Gasteiger partial charge is 0.338 e. The highest BCUT2D eigenvalue weighted by atomic mass is 16.6. The molecule has 1 aliphatic heterocycles. The largest absolute Gasteiger partial charge is 0.493 e. The lowest BCUT2D eigenvalue weighted by molar-refractivity contribution is -0.141. The molecule has 27 heavy (non-hydrogen) atoms. The molecule has 0 fully saturated rings. The van der Waals surface area contributed by atoms with E-state index in [1.54, 1.807) is 6.92 Å². The Morgan fingerprint density at radius 2 is 1.93 bits per heavy atom. The minimum absolute atomic E-state index is 0.0654. The molecule has 1 aromatic rings. The average Bonchev–Trinajstić information content (AvgIpc) is 2.62. The lowest BCUT2D eigenvalue weighted by Gasteiger charge is -2.29. The molecule has 0 aromatic heterocycles. The van der Waals surface area contributed by atoms with Gasteiger partial charge in [-0.25, -0.2) is 9.59 Å². The summed E-state index contributed by atoms with van der Waals surface area (Å²) >= 11 is 0. The van der Waals surface area contributed by atoms with Crippen molar-refractivity contribution in [2.75, 3.05) is 19.8 Å². The zero-order valence-corrected chi connectivity index (χ0v) is 16.3. The van der Waals surface area contributed by atoms with Gasteiger partial charge in [0.25, 0.3) is 0 Å². The van der Waals surface area contributed by atoms with Crippen LogP contribution in [0.25, 0.3) is 0 Å². The number of hydrogen-bond acceptors (Lipinski definition) is 5. The van der Waals surface area contributed by atoms with Gasteiger partial charge in [0.2, 0.25) is 0 Å². The predicted octanol–water partition coefficient (Wildman–Crippen LogP) is 3.07. The predicted molar refractivity (Wildman–Crippen MR) is 101 cm³/mol. The van der Waals surface area contributed by atoms with Crippen LogP contribution in [0.5, 0.6) is 5.75 Å². The first-order chi connectivity index (χ1) is 12.9. The number of carbonyl (C=O) groups is 2. The Morgan fingerprint density at radius 3 is 2.63 bits per heavy atom. The Labute approximate surface area is 160 Å². The summed E-state index contributed by atoms with van der Waals surface area (Å²) < 4.78 is 16.6. The van der Waals surface area contributed by atoms with Crippen LogP contribution in [0.15, 0.2) is 35.5 Å². The summed E-state index contributed by atoms with van der Waals surface area (Å²) in [6, 6.07) is 6.34. The number of benzene rings is 1. The fourth-order valence-corrected chi connectivity index (χ4v) is 2.76. The van der Waals surface area contributed by atoms with Crippen LogP contribution in [-0.4, -0.2) is 37.9 Å². The van der Waals surface area contributed by atoms with Crippen molar-refractivity contribution < 1.29 is 23.8 Å². The molecule has 2 N–H and O–H groups in total. The number of nitrogens with one attached hydrogen (secondary N) is 2. The van der Waals surface area contributed by atoms with Gasteiger partial charge in [-0.3, -0.25) is 0 Å². The summed E-state index contributed by atoms with van der Waals surface area (Å²) in [6.45, 7) is 8.53. The highest BCUT2D eigenvalue weighted by molar-refractivity contribution is 5.95. The molecule has 7 nitrogen and oxygen atoms in total. The first kappa shape index (κ1) is 20.8. The third-order valence-corrected chi connectivity index (χ3v) is 3.95. The van der Waals surface area contributed by atoms with Gasteiger partial charge in [-0.15, -0.1) is 0 Å². The lowest BCUT2D eigenvalue weighted by atomic mass is 9.95. The molecule has 0 saturated heterocycles. The number of urea groups is 1. The quantitative estimate of drug-likeness (QED) is 0.511. The number of para-hydroxylation sites is 1. The van der Waals surface area contributed by atoms with Crippen LogP contribution in [0.1, 0.15) is 45.7 Å². The van der Waals surface area contributed by atoms with Gasteiger partial charge in [0.15, 0.2) is 0 Å². The summed E-state index contributed by atoms with van der Waals surface area (Å²) in [7, 11) is 0. The molecule has 0 bridgehead atoms. The average molecular weight is 376 g/mol. The number of hydrogen-bond donors (Lipinski definition) is 2. The van der Waals surface area contributed by atoms with E-state index in [0.29, 0.717) is 35.8 Å². The van der Waals surface area contributed by atoms with E-state index in [0.717, 1.165) is 6.42 Å². The van der Waals surface area contributed by atoms with Gasteiger partial charge in [-0.1, -0.05) is 25.1 Å². The van der Waals surface area contributed by atoms with Crippen molar-refractivity contribution in [3.8, 4) is 5.75 Å². The zero-order chi connectivity index (χ0) is 19.8. The monoisotopic (exact) mass is 376 g/mol. The second kappa shape index (κ2) is 9.97. The van der Waals surface area contributed by atoms with E-state index >= 15 is 0 Å². The van der Waals surface area contributed by atoms with Gasteiger partial charge >= 0.3 is 12.0 Å². The van der Waals surface area contributed by atoms with Gasteiger partial charge in [0, 0.05) is 11.3 Å². The normalized spacial score (nSPS) is 16.8. The van der Waals surface area contributed by atoms with Crippen LogP contribution in [0.4, 0.5) is 4.79 Å². The van der Waals surface area contributed by atoms with Crippen LogP contribution >= 0.6 is 0 Å². The van der Waals surface area contributed by atoms with Gasteiger partial charge in [0.1, 0.15) is 12.4 Å². The first-order valence-electron chi connectivity index (χ1n) is 9.22. The highest BCUT2D eigenvalue weighted by Crippen LogP contribution is 2.33. The molecule has 1 aromatic carbocycles. The minimum Gasteiger partial charge on any atom is -0.493 e. The fraction of sp³-hybridized carbons (Fsp3) is 0.500. The van der Waals surface area contributed by atoms with E-state index in [9.17, 15) is 9.59 Å². The third kappa shape index (κ3) is 5.72. The molecule has 1 atom stereocenters. The second-order valence-corrected chi connectivity index (χ2v) is 6.51. The SMILES string of the molecule is CCCOc1ccccc1[C@H]1NC(=O)NC(C)=C1C(=O)OCCOC(C)C. The molecule has 148 valence electrons. The molecule has 0 saturated carbocycles. The van der Waals surface area contributed by atoms with Crippen LogP contribution in [0, 0.1) is 0 Å². The minimum atomic E-state index is -0.648. The van der Waals surface area contributed by atoms with Crippen molar-refractivity contribution in [3.05, 3.63) is 41.1 Å². The van der Waals surface area contributed by atoms with E-state index < -0.39 is 12.0 Å².